The van der Waals surface area contributed by atoms with E-state index in [2.05, 4.69) is 4.98 Å². The molecule has 164 valence electrons. The Bertz CT molecular complexity index is 1410. The van der Waals surface area contributed by atoms with Gasteiger partial charge in [0.2, 0.25) is 0 Å². The predicted octanol–water partition coefficient (Wildman–Crippen LogP) is 3.83. The Hall–Kier alpha value is -3.61. The Labute approximate surface area is 185 Å². The van der Waals surface area contributed by atoms with E-state index in [-0.39, 0.29) is 17.3 Å². The molecule has 0 atom stereocenters. The first-order chi connectivity index (χ1) is 15.6. The zero-order chi connectivity index (χ0) is 22.2. The fourth-order valence-electron chi connectivity index (χ4n) is 4.76. The minimum Gasteiger partial charge on any atom is -0.497 e. The van der Waals surface area contributed by atoms with Gasteiger partial charge in [0.15, 0.2) is 11.2 Å². The summed E-state index contributed by atoms with van der Waals surface area (Å²) in [5.41, 5.74) is 2.96. The van der Waals surface area contributed by atoms with Crippen LogP contribution in [-0.4, -0.2) is 25.8 Å². The molecule has 2 aromatic heterocycles. The highest BCUT2D eigenvalue weighted by Gasteiger charge is 2.26. The molecule has 0 amide bonds. The third kappa shape index (κ3) is 3.34. The van der Waals surface area contributed by atoms with Gasteiger partial charge in [0.05, 0.1) is 19.1 Å². The summed E-state index contributed by atoms with van der Waals surface area (Å²) in [5, 5.41) is 0. The van der Waals surface area contributed by atoms with Crippen molar-refractivity contribution in [3.8, 4) is 11.4 Å². The van der Waals surface area contributed by atoms with E-state index in [1.165, 1.54) is 4.57 Å². The molecular weight excluding hydrogens is 404 g/mol. The van der Waals surface area contributed by atoms with Crippen molar-refractivity contribution in [2.75, 3.05) is 7.11 Å². The number of ether oxygens (including phenoxy) is 1. The number of para-hydroxylation sites is 1. The number of imidazole rings is 1. The summed E-state index contributed by atoms with van der Waals surface area (Å²) in [6.45, 7) is 2.42. The molecule has 0 N–H and O–H groups in total. The molecule has 7 heteroatoms. The minimum atomic E-state index is -0.310. The van der Waals surface area contributed by atoms with Gasteiger partial charge >= 0.3 is 5.69 Å². The lowest BCUT2D eigenvalue weighted by Crippen LogP contribution is -2.42. The summed E-state index contributed by atoms with van der Waals surface area (Å²) >= 11 is 0. The number of rotatable bonds is 5. The summed E-state index contributed by atoms with van der Waals surface area (Å²) in [7, 11) is 1.63. The summed E-state index contributed by atoms with van der Waals surface area (Å²) in [6.07, 6.45) is 5.40. The molecule has 1 saturated carbocycles. The van der Waals surface area contributed by atoms with E-state index in [9.17, 15) is 9.59 Å². The van der Waals surface area contributed by atoms with Crippen LogP contribution in [0.25, 0.3) is 16.9 Å². The van der Waals surface area contributed by atoms with Gasteiger partial charge in [-0.3, -0.25) is 9.36 Å². The average Bonchev–Trinajstić information content (AvgIpc) is 3.46. The third-order valence-electron chi connectivity index (χ3n) is 6.38. The van der Waals surface area contributed by atoms with Gasteiger partial charge in [0.25, 0.3) is 5.56 Å². The molecule has 0 spiro atoms. The highest BCUT2D eigenvalue weighted by atomic mass is 16.5. The standard InChI is InChI=1S/C25H26N4O3/c1-17-8-3-6-13-21(17)29-23-22(24(30)28(25(29)31)19-10-4-5-11-19)27(16-26-23)15-18-9-7-12-20(14-18)32-2/h3,6-9,12-14,16,19H,4-5,10-11,15H2,1-2H3. The van der Waals surface area contributed by atoms with Crippen LogP contribution >= 0.6 is 0 Å². The lowest BCUT2D eigenvalue weighted by Gasteiger charge is -2.18. The Balaban J connectivity index is 1.77. The molecule has 0 saturated heterocycles. The van der Waals surface area contributed by atoms with Crippen molar-refractivity contribution in [1.29, 1.82) is 0 Å². The van der Waals surface area contributed by atoms with E-state index in [0.29, 0.717) is 17.7 Å². The topological polar surface area (TPSA) is 71.1 Å². The lowest BCUT2D eigenvalue weighted by atomic mass is 10.2. The molecule has 2 heterocycles. The number of fused-ring (bicyclic) bond motifs is 1. The minimum absolute atomic E-state index is 0.0742. The lowest BCUT2D eigenvalue weighted by molar-refractivity contribution is 0.414. The number of benzene rings is 2. The van der Waals surface area contributed by atoms with Crippen LogP contribution in [0, 0.1) is 6.92 Å². The van der Waals surface area contributed by atoms with Gasteiger partial charge in [-0.15, -0.1) is 0 Å². The molecular formula is C25H26N4O3. The monoisotopic (exact) mass is 430 g/mol. The number of methoxy groups -OCH3 is 1. The molecule has 0 unspecified atom stereocenters. The Morgan fingerprint density at radius 2 is 1.84 bits per heavy atom. The molecule has 0 aliphatic heterocycles. The average molecular weight is 431 g/mol. The normalized spacial score (nSPS) is 14.3. The number of hydrogen-bond acceptors (Lipinski definition) is 4. The van der Waals surface area contributed by atoms with Crippen LogP contribution in [0.1, 0.15) is 42.9 Å². The molecule has 0 bridgehead atoms. The zero-order valence-corrected chi connectivity index (χ0v) is 18.3. The summed E-state index contributed by atoms with van der Waals surface area (Å²) in [4.78, 5) is 31.9. The van der Waals surface area contributed by atoms with Gasteiger partial charge in [0, 0.05) is 12.6 Å². The van der Waals surface area contributed by atoms with E-state index in [1.807, 2.05) is 60.0 Å². The van der Waals surface area contributed by atoms with Gasteiger partial charge in [-0.1, -0.05) is 43.2 Å². The van der Waals surface area contributed by atoms with Gasteiger partial charge in [-0.05, 0) is 49.1 Å². The third-order valence-corrected chi connectivity index (χ3v) is 6.38. The molecule has 1 aliphatic rings. The Kier molecular flexibility index (Phi) is 5.17. The first kappa shape index (κ1) is 20.3. The molecule has 2 aromatic carbocycles. The van der Waals surface area contributed by atoms with Crippen molar-refractivity contribution in [3.05, 3.63) is 86.8 Å². The zero-order valence-electron chi connectivity index (χ0n) is 18.3. The summed E-state index contributed by atoms with van der Waals surface area (Å²) < 4.78 is 10.2. The van der Waals surface area contributed by atoms with Crippen LogP contribution in [0.4, 0.5) is 0 Å². The van der Waals surface area contributed by atoms with Gasteiger partial charge in [-0.2, -0.15) is 0 Å². The molecule has 4 aromatic rings. The van der Waals surface area contributed by atoms with Crippen molar-refractivity contribution < 1.29 is 4.74 Å². The molecule has 5 rings (SSSR count). The maximum atomic E-state index is 13.7. The first-order valence-electron chi connectivity index (χ1n) is 11.0. The quantitative estimate of drug-likeness (QED) is 0.483. The van der Waals surface area contributed by atoms with Crippen molar-refractivity contribution >= 4 is 11.2 Å². The van der Waals surface area contributed by atoms with Crippen molar-refractivity contribution in [2.45, 2.75) is 45.2 Å². The van der Waals surface area contributed by atoms with Gasteiger partial charge < -0.3 is 9.30 Å². The summed E-state index contributed by atoms with van der Waals surface area (Å²) in [6, 6.07) is 15.4. The Morgan fingerprint density at radius 1 is 1.06 bits per heavy atom. The van der Waals surface area contributed by atoms with Crippen molar-refractivity contribution in [1.82, 2.24) is 18.7 Å². The number of nitrogens with zero attached hydrogens (tertiary/aromatic N) is 4. The molecule has 0 radical (unpaired) electrons. The number of hydrogen-bond donors (Lipinski definition) is 0. The first-order valence-corrected chi connectivity index (χ1v) is 11.0. The SMILES string of the molecule is COc1cccc(Cn2cnc3c2c(=O)n(C2CCCC2)c(=O)n3-c2ccccc2C)c1. The number of aryl methyl sites for hydroxylation is 1. The van der Waals surface area contributed by atoms with Crippen LogP contribution in [-0.2, 0) is 6.54 Å². The van der Waals surface area contributed by atoms with E-state index in [1.54, 1.807) is 18.0 Å². The van der Waals surface area contributed by atoms with Gasteiger partial charge in [-0.25, -0.2) is 14.3 Å². The van der Waals surface area contributed by atoms with Crippen LogP contribution < -0.4 is 16.0 Å². The maximum Gasteiger partial charge on any atom is 0.337 e. The van der Waals surface area contributed by atoms with Crippen LogP contribution in [0.2, 0.25) is 0 Å². The summed E-state index contributed by atoms with van der Waals surface area (Å²) in [5.74, 6) is 0.757. The largest absolute Gasteiger partial charge is 0.497 e. The Morgan fingerprint density at radius 3 is 2.59 bits per heavy atom. The van der Waals surface area contributed by atoms with Crippen molar-refractivity contribution in [2.24, 2.45) is 0 Å². The second-order valence-electron chi connectivity index (χ2n) is 8.41. The van der Waals surface area contributed by atoms with Crippen LogP contribution in [0.3, 0.4) is 0 Å². The molecule has 1 fully saturated rings. The van der Waals surface area contributed by atoms with E-state index in [0.717, 1.165) is 48.2 Å². The van der Waals surface area contributed by atoms with E-state index in [4.69, 9.17) is 4.74 Å². The predicted molar refractivity (Wildman–Crippen MR) is 124 cm³/mol. The van der Waals surface area contributed by atoms with Crippen LogP contribution in [0.15, 0.2) is 64.4 Å². The highest BCUT2D eigenvalue weighted by molar-refractivity contribution is 5.73. The second kappa shape index (κ2) is 8.15. The van der Waals surface area contributed by atoms with E-state index < -0.39 is 0 Å². The fourth-order valence-corrected chi connectivity index (χ4v) is 4.76. The highest BCUT2D eigenvalue weighted by Crippen LogP contribution is 2.28. The molecule has 1 aliphatic carbocycles. The second-order valence-corrected chi connectivity index (χ2v) is 8.41. The van der Waals surface area contributed by atoms with Crippen molar-refractivity contribution in [3.63, 3.8) is 0 Å². The number of aromatic nitrogens is 4. The molecule has 32 heavy (non-hydrogen) atoms. The molecule has 7 nitrogen and oxygen atoms in total. The fraction of sp³-hybridized carbons (Fsp3) is 0.320. The van der Waals surface area contributed by atoms with E-state index >= 15 is 0 Å². The smallest absolute Gasteiger partial charge is 0.337 e. The van der Waals surface area contributed by atoms with Crippen LogP contribution in [0.5, 0.6) is 5.75 Å². The van der Waals surface area contributed by atoms with Gasteiger partial charge in [0.1, 0.15) is 5.75 Å². The maximum absolute atomic E-state index is 13.7.